The van der Waals surface area contributed by atoms with Crippen molar-refractivity contribution in [2.24, 2.45) is 5.92 Å². The van der Waals surface area contributed by atoms with Crippen molar-refractivity contribution >= 4 is 0 Å². The van der Waals surface area contributed by atoms with Gasteiger partial charge in [0.05, 0.1) is 0 Å². The summed E-state index contributed by atoms with van der Waals surface area (Å²) in [4.78, 5) is 2.73. The molecule has 1 N–H and O–H groups in total. The molecule has 0 radical (unpaired) electrons. The number of nitrogens with one attached hydrogen (secondary N) is 1. The Bertz CT molecular complexity index is 203. The van der Waals surface area contributed by atoms with Crippen LogP contribution in [0.4, 0.5) is 0 Å². The molecule has 0 aromatic rings. The second-order valence-corrected chi connectivity index (χ2v) is 6.34. The van der Waals surface area contributed by atoms with E-state index in [1.807, 2.05) is 0 Å². The van der Waals surface area contributed by atoms with Crippen LogP contribution in [0.2, 0.25) is 0 Å². The average molecular weight is 254 g/mol. The minimum Gasteiger partial charge on any atom is -0.314 e. The van der Waals surface area contributed by atoms with Crippen molar-refractivity contribution in [3.8, 4) is 0 Å². The Hall–Kier alpha value is -0.0800. The fourth-order valence-electron chi connectivity index (χ4n) is 3.14. The molecular formula is C16H34N2. The van der Waals surface area contributed by atoms with Crippen molar-refractivity contribution < 1.29 is 0 Å². The van der Waals surface area contributed by atoms with Crippen molar-refractivity contribution in [3.63, 3.8) is 0 Å². The summed E-state index contributed by atoms with van der Waals surface area (Å²) in [7, 11) is 0. The number of hydrogen-bond acceptors (Lipinski definition) is 2. The molecule has 18 heavy (non-hydrogen) atoms. The van der Waals surface area contributed by atoms with Gasteiger partial charge in [0, 0.05) is 12.1 Å². The number of hydrogen-bond donors (Lipinski definition) is 1. The highest BCUT2D eigenvalue weighted by Gasteiger charge is 2.26. The lowest BCUT2D eigenvalue weighted by Crippen LogP contribution is -2.34. The molecule has 1 aliphatic rings. The number of rotatable bonds is 9. The predicted octanol–water partition coefficient (Wildman–Crippen LogP) is 3.67. The van der Waals surface area contributed by atoms with Crippen LogP contribution >= 0.6 is 0 Å². The molecule has 1 fully saturated rings. The highest BCUT2D eigenvalue weighted by Crippen LogP contribution is 2.23. The molecule has 0 aromatic carbocycles. The van der Waals surface area contributed by atoms with E-state index >= 15 is 0 Å². The Morgan fingerprint density at radius 2 is 2.00 bits per heavy atom. The first kappa shape index (κ1) is 16.0. The van der Waals surface area contributed by atoms with Gasteiger partial charge in [0.1, 0.15) is 0 Å². The molecule has 1 rings (SSSR count). The molecule has 0 aromatic heterocycles. The SMILES string of the molecule is CCCNC(C)CCCCN1CCCC1C(C)C. The van der Waals surface area contributed by atoms with Gasteiger partial charge < -0.3 is 10.2 Å². The Morgan fingerprint density at radius 3 is 2.67 bits per heavy atom. The van der Waals surface area contributed by atoms with E-state index in [2.05, 4.69) is 37.9 Å². The highest BCUT2D eigenvalue weighted by atomic mass is 15.2. The van der Waals surface area contributed by atoms with Gasteiger partial charge in [0.2, 0.25) is 0 Å². The maximum absolute atomic E-state index is 3.57. The molecule has 108 valence electrons. The molecule has 1 saturated heterocycles. The van der Waals surface area contributed by atoms with Crippen molar-refractivity contribution in [1.82, 2.24) is 10.2 Å². The molecule has 2 heteroatoms. The quantitative estimate of drug-likeness (QED) is 0.632. The van der Waals surface area contributed by atoms with Gasteiger partial charge in [-0.05, 0) is 64.6 Å². The van der Waals surface area contributed by atoms with Crippen LogP contribution in [0.15, 0.2) is 0 Å². The zero-order valence-electron chi connectivity index (χ0n) is 13.0. The van der Waals surface area contributed by atoms with Gasteiger partial charge in [-0.25, -0.2) is 0 Å². The molecule has 2 atom stereocenters. The van der Waals surface area contributed by atoms with E-state index in [4.69, 9.17) is 0 Å². The van der Waals surface area contributed by atoms with Gasteiger partial charge in [-0.3, -0.25) is 0 Å². The van der Waals surface area contributed by atoms with E-state index in [0.717, 1.165) is 12.0 Å². The fourth-order valence-corrected chi connectivity index (χ4v) is 3.14. The number of likely N-dealkylation sites (tertiary alicyclic amines) is 1. The Morgan fingerprint density at radius 1 is 1.22 bits per heavy atom. The first-order valence-corrected chi connectivity index (χ1v) is 8.12. The van der Waals surface area contributed by atoms with Crippen molar-refractivity contribution in [1.29, 1.82) is 0 Å². The van der Waals surface area contributed by atoms with Crippen LogP contribution < -0.4 is 5.32 Å². The molecule has 2 nitrogen and oxygen atoms in total. The van der Waals surface area contributed by atoms with Crippen molar-refractivity contribution in [2.75, 3.05) is 19.6 Å². The predicted molar refractivity (Wildman–Crippen MR) is 81.0 cm³/mol. The summed E-state index contributed by atoms with van der Waals surface area (Å²) in [5, 5.41) is 3.57. The molecule has 2 unspecified atom stereocenters. The van der Waals surface area contributed by atoms with Gasteiger partial charge in [0.25, 0.3) is 0 Å². The molecule has 0 amide bonds. The zero-order chi connectivity index (χ0) is 13.4. The topological polar surface area (TPSA) is 15.3 Å². The minimum atomic E-state index is 0.699. The van der Waals surface area contributed by atoms with Crippen LogP contribution in [0.5, 0.6) is 0 Å². The van der Waals surface area contributed by atoms with Gasteiger partial charge >= 0.3 is 0 Å². The maximum atomic E-state index is 3.57. The lowest BCUT2D eigenvalue weighted by molar-refractivity contribution is 0.202. The second-order valence-electron chi connectivity index (χ2n) is 6.34. The van der Waals surface area contributed by atoms with E-state index in [1.165, 1.54) is 58.2 Å². The lowest BCUT2D eigenvalue weighted by atomic mass is 10.0. The Labute approximate surface area is 115 Å². The number of nitrogens with zero attached hydrogens (tertiary/aromatic N) is 1. The zero-order valence-corrected chi connectivity index (χ0v) is 13.0. The Kier molecular flexibility index (Phi) is 7.92. The van der Waals surface area contributed by atoms with E-state index < -0.39 is 0 Å². The van der Waals surface area contributed by atoms with Gasteiger partial charge in [0.15, 0.2) is 0 Å². The molecule has 0 saturated carbocycles. The molecule has 1 aliphatic heterocycles. The van der Waals surface area contributed by atoms with Crippen LogP contribution in [0, 0.1) is 5.92 Å². The van der Waals surface area contributed by atoms with E-state index in [9.17, 15) is 0 Å². The molecular weight excluding hydrogens is 220 g/mol. The summed E-state index contributed by atoms with van der Waals surface area (Å²) in [6.07, 6.45) is 8.17. The summed E-state index contributed by atoms with van der Waals surface area (Å²) in [5.41, 5.74) is 0. The first-order chi connectivity index (χ1) is 8.65. The summed E-state index contributed by atoms with van der Waals surface area (Å²) in [6.45, 7) is 13.1. The largest absolute Gasteiger partial charge is 0.314 e. The van der Waals surface area contributed by atoms with Gasteiger partial charge in [-0.15, -0.1) is 0 Å². The fraction of sp³-hybridized carbons (Fsp3) is 1.00. The van der Waals surface area contributed by atoms with E-state index in [-0.39, 0.29) is 0 Å². The average Bonchev–Trinajstić information content (AvgIpc) is 2.80. The van der Waals surface area contributed by atoms with Crippen LogP contribution in [0.1, 0.15) is 66.2 Å². The van der Waals surface area contributed by atoms with Crippen molar-refractivity contribution in [3.05, 3.63) is 0 Å². The summed E-state index contributed by atoms with van der Waals surface area (Å²) in [6, 6.07) is 1.56. The molecule has 1 heterocycles. The normalized spacial score (nSPS) is 22.8. The van der Waals surface area contributed by atoms with E-state index in [0.29, 0.717) is 6.04 Å². The third kappa shape index (κ3) is 5.71. The smallest absolute Gasteiger partial charge is 0.0119 e. The Balaban J connectivity index is 2.06. The standard InChI is InChI=1S/C16H34N2/c1-5-11-17-15(4)9-6-7-12-18-13-8-10-16(18)14(2)3/h14-17H,5-13H2,1-4H3. The summed E-state index contributed by atoms with van der Waals surface area (Å²) < 4.78 is 0. The van der Waals surface area contributed by atoms with Crippen molar-refractivity contribution in [2.45, 2.75) is 78.3 Å². The van der Waals surface area contributed by atoms with Gasteiger partial charge in [-0.2, -0.15) is 0 Å². The molecule has 0 spiro atoms. The van der Waals surface area contributed by atoms with Gasteiger partial charge in [-0.1, -0.05) is 27.2 Å². The van der Waals surface area contributed by atoms with Crippen LogP contribution in [-0.2, 0) is 0 Å². The third-order valence-electron chi connectivity index (χ3n) is 4.26. The van der Waals surface area contributed by atoms with E-state index in [1.54, 1.807) is 0 Å². The monoisotopic (exact) mass is 254 g/mol. The number of unbranched alkanes of at least 4 members (excludes halogenated alkanes) is 1. The third-order valence-corrected chi connectivity index (χ3v) is 4.26. The summed E-state index contributed by atoms with van der Waals surface area (Å²) >= 11 is 0. The van der Waals surface area contributed by atoms with Crippen LogP contribution in [-0.4, -0.2) is 36.6 Å². The lowest BCUT2D eigenvalue weighted by Gasteiger charge is -2.27. The van der Waals surface area contributed by atoms with Crippen LogP contribution in [0.25, 0.3) is 0 Å². The molecule has 0 bridgehead atoms. The second kappa shape index (κ2) is 8.92. The highest BCUT2D eigenvalue weighted by molar-refractivity contribution is 4.81. The molecule has 0 aliphatic carbocycles. The summed E-state index contributed by atoms with van der Waals surface area (Å²) in [5.74, 6) is 0.831. The first-order valence-electron chi connectivity index (χ1n) is 8.12. The minimum absolute atomic E-state index is 0.699. The maximum Gasteiger partial charge on any atom is 0.0119 e. The van der Waals surface area contributed by atoms with Crippen LogP contribution in [0.3, 0.4) is 0 Å².